The molecule has 1 aliphatic heterocycles. The van der Waals surface area contributed by atoms with Crippen LogP contribution in [0.4, 0.5) is 10.1 Å². The van der Waals surface area contributed by atoms with E-state index in [1.165, 1.54) is 6.07 Å². The van der Waals surface area contributed by atoms with Crippen molar-refractivity contribution >= 4 is 5.69 Å². The molecule has 1 aliphatic rings. The fourth-order valence-corrected chi connectivity index (χ4v) is 1.86. The van der Waals surface area contributed by atoms with Gasteiger partial charge in [-0.3, -0.25) is 0 Å². The second kappa shape index (κ2) is 4.62. The summed E-state index contributed by atoms with van der Waals surface area (Å²) in [7, 11) is 0. The Bertz CT molecular complexity index is 334. The summed E-state index contributed by atoms with van der Waals surface area (Å²) >= 11 is 0. The van der Waals surface area contributed by atoms with Crippen LogP contribution in [0.2, 0.25) is 0 Å². The zero-order valence-electron chi connectivity index (χ0n) is 8.92. The fourth-order valence-electron chi connectivity index (χ4n) is 1.86. The van der Waals surface area contributed by atoms with E-state index in [9.17, 15) is 4.39 Å². The maximum Gasteiger partial charge on any atom is 0.123 e. The van der Waals surface area contributed by atoms with Crippen molar-refractivity contribution in [1.82, 2.24) is 0 Å². The van der Waals surface area contributed by atoms with Gasteiger partial charge >= 0.3 is 0 Å². The highest BCUT2D eigenvalue weighted by molar-refractivity contribution is 5.51. The molecule has 1 saturated heterocycles. The Hall–Kier alpha value is -1.09. The van der Waals surface area contributed by atoms with Crippen LogP contribution in [-0.4, -0.2) is 19.3 Å². The lowest BCUT2D eigenvalue weighted by molar-refractivity contribution is 0.0876. The van der Waals surface area contributed by atoms with Gasteiger partial charge in [-0.1, -0.05) is 0 Å². The molecule has 1 atom stereocenters. The van der Waals surface area contributed by atoms with Gasteiger partial charge in [-0.25, -0.2) is 4.39 Å². The van der Waals surface area contributed by atoms with E-state index in [0.29, 0.717) is 6.04 Å². The Morgan fingerprint density at radius 3 is 3.00 bits per heavy atom. The fraction of sp³-hybridized carbons (Fsp3) is 0.500. The first kappa shape index (κ1) is 10.4. The number of benzene rings is 1. The highest BCUT2D eigenvalue weighted by Crippen LogP contribution is 2.19. The molecule has 1 N–H and O–H groups in total. The number of rotatable bonds is 2. The van der Waals surface area contributed by atoms with Crippen LogP contribution in [0, 0.1) is 12.7 Å². The number of hydrogen-bond acceptors (Lipinski definition) is 2. The van der Waals surface area contributed by atoms with E-state index in [-0.39, 0.29) is 5.82 Å². The SMILES string of the molecule is Cc1cc(F)ccc1NC1CCCOC1. The third-order valence-corrected chi connectivity index (χ3v) is 2.71. The van der Waals surface area contributed by atoms with Crippen LogP contribution in [-0.2, 0) is 4.74 Å². The molecular formula is C12H16FNO. The Morgan fingerprint density at radius 2 is 2.33 bits per heavy atom. The smallest absolute Gasteiger partial charge is 0.123 e. The van der Waals surface area contributed by atoms with Crippen molar-refractivity contribution in [3.05, 3.63) is 29.6 Å². The summed E-state index contributed by atoms with van der Waals surface area (Å²) in [6.45, 7) is 3.52. The molecule has 1 heterocycles. The average molecular weight is 209 g/mol. The largest absolute Gasteiger partial charge is 0.380 e. The predicted molar refractivity (Wildman–Crippen MR) is 58.6 cm³/mol. The summed E-state index contributed by atoms with van der Waals surface area (Å²) in [5, 5.41) is 3.38. The minimum absolute atomic E-state index is 0.182. The zero-order valence-corrected chi connectivity index (χ0v) is 8.92. The maximum atomic E-state index is 12.9. The maximum absolute atomic E-state index is 12.9. The summed E-state index contributed by atoms with van der Waals surface area (Å²) in [6.07, 6.45) is 2.22. The van der Waals surface area contributed by atoms with E-state index in [1.807, 2.05) is 6.92 Å². The summed E-state index contributed by atoms with van der Waals surface area (Å²) in [5.74, 6) is -0.182. The second-order valence-electron chi connectivity index (χ2n) is 4.02. The Balaban J connectivity index is 2.03. The van der Waals surface area contributed by atoms with Gasteiger partial charge in [-0.2, -0.15) is 0 Å². The molecule has 1 aromatic carbocycles. The molecule has 3 heteroatoms. The van der Waals surface area contributed by atoms with Crippen LogP contribution < -0.4 is 5.32 Å². The van der Waals surface area contributed by atoms with E-state index in [4.69, 9.17) is 4.74 Å². The van der Waals surface area contributed by atoms with Gasteiger partial charge in [0.15, 0.2) is 0 Å². The number of halogens is 1. The Morgan fingerprint density at radius 1 is 1.47 bits per heavy atom. The summed E-state index contributed by atoms with van der Waals surface area (Å²) in [5.41, 5.74) is 1.95. The lowest BCUT2D eigenvalue weighted by Crippen LogP contribution is -2.30. The molecule has 0 radical (unpaired) electrons. The molecule has 1 fully saturated rings. The van der Waals surface area contributed by atoms with Crippen molar-refractivity contribution < 1.29 is 9.13 Å². The van der Waals surface area contributed by atoms with Crippen LogP contribution in [0.15, 0.2) is 18.2 Å². The number of aryl methyl sites for hydroxylation is 1. The first-order valence-corrected chi connectivity index (χ1v) is 5.36. The third-order valence-electron chi connectivity index (χ3n) is 2.71. The standard InChI is InChI=1S/C12H16FNO/c1-9-7-10(13)4-5-12(9)14-11-3-2-6-15-8-11/h4-5,7,11,14H,2-3,6,8H2,1H3. The van der Waals surface area contributed by atoms with Gasteiger partial charge in [0.2, 0.25) is 0 Å². The van der Waals surface area contributed by atoms with Crippen LogP contribution in [0.1, 0.15) is 18.4 Å². The molecular weight excluding hydrogens is 193 g/mol. The zero-order chi connectivity index (χ0) is 10.7. The first-order valence-electron chi connectivity index (χ1n) is 5.36. The van der Waals surface area contributed by atoms with Crippen molar-refractivity contribution in [1.29, 1.82) is 0 Å². The summed E-state index contributed by atoms with van der Waals surface area (Å²) in [6, 6.07) is 5.19. The number of ether oxygens (including phenoxy) is 1. The van der Waals surface area contributed by atoms with Gasteiger partial charge in [0.05, 0.1) is 6.61 Å². The number of nitrogens with one attached hydrogen (secondary N) is 1. The van der Waals surface area contributed by atoms with Crippen LogP contribution in [0.5, 0.6) is 0 Å². The Kier molecular flexibility index (Phi) is 3.21. The topological polar surface area (TPSA) is 21.3 Å². The van der Waals surface area contributed by atoms with Gasteiger partial charge in [-0.15, -0.1) is 0 Å². The molecule has 82 valence electrons. The average Bonchev–Trinajstić information content (AvgIpc) is 2.24. The lowest BCUT2D eigenvalue weighted by Gasteiger charge is -2.24. The van der Waals surface area contributed by atoms with Crippen molar-refractivity contribution in [2.24, 2.45) is 0 Å². The van der Waals surface area contributed by atoms with Gasteiger partial charge in [0.25, 0.3) is 0 Å². The van der Waals surface area contributed by atoms with E-state index in [0.717, 1.165) is 37.3 Å². The minimum Gasteiger partial charge on any atom is -0.380 e. The van der Waals surface area contributed by atoms with Crippen LogP contribution in [0.3, 0.4) is 0 Å². The van der Waals surface area contributed by atoms with E-state index < -0.39 is 0 Å². The molecule has 2 rings (SSSR count). The number of anilines is 1. The Labute approximate surface area is 89.4 Å². The highest BCUT2D eigenvalue weighted by Gasteiger charge is 2.14. The van der Waals surface area contributed by atoms with Crippen molar-refractivity contribution in [2.75, 3.05) is 18.5 Å². The van der Waals surface area contributed by atoms with E-state index in [2.05, 4.69) is 5.32 Å². The van der Waals surface area contributed by atoms with Crippen LogP contribution >= 0.6 is 0 Å². The van der Waals surface area contributed by atoms with Gasteiger partial charge in [-0.05, 0) is 43.5 Å². The predicted octanol–water partition coefficient (Wildman–Crippen LogP) is 2.73. The van der Waals surface area contributed by atoms with E-state index in [1.54, 1.807) is 12.1 Å². The third kappa shape index (κ3) is 2.69. The molecule has 0 aromatic heterocycles. The summed E-state index contributed by atoms with van der Waals surface area (Å²) in [4.78, 5) is 0. The normalized spacial score (nSPS) is 21.3. The molecule has 2 nitrogen and oxygen atoms in total. The molecule has 1 unspecified atom stereocenters. The van der Waals surface area contributed by atoms with Crippen molar-refractivity contribution in [3.63, 3.8) is 0 Å². The number of hydrogen-bond donors (Lipinski definition) is 1. The molecule has 0 aliphatic carbocycles. The van der Waals surface area contributed by atoms with Gasteiger partial charge < -0.3 is 10.1 Å². The van der Waals surface area contributed by atoms with Gasteiger partial charge in [0.1, 0.15) is 5.82 Å². The van der Waals surface area contributed by atoms with Gasteiger partial charge in [0, 0.05) is 18.3 Å². The molecule has 0 bridgehead atoms. The molecule has 0 spiro atoms. The minimum atomic E-state index is -0.182. The molecule has 0 amide bonds. The summed E-state index contributed by atoms with van der Waals surface area (Å²) < 4.78 is 18.3. The lowest BCUT2D eigenvalue weighted by atomic mass is 10.1. The molecule has 1 aromatic rings. The highest BCUT2D eigenvalue weighted by atomic mass is 19.1. The monoisotopic (exact) mass is 209 g/mol. The second-order valence-corrected chi connectivity index (χ2v) is 4.02. The first-order chi connectivity index (χ1) is 7.25. The van der Waals surface area contributed by atoms with Crippen LogP contribution in [0.25, 0.3) is 0 Å². The van der Waals surface area contributed by atoms with Crippen molar-refractivity contribution in [2.45, 2.75) is 25.8 Å². The van der Waals surface area contributed by atoms with E-state index >= 15 is 0 Å². The quantitative estimate of drug-likeness (QED) is 0.808. The molecule has 0 saturated carbocycles. The molecule has 15 heavy (non-hydrogen) atoms. The van der Waals surface area contributed by atoms with Crippen molar-refractivity contribution in [3.8, 4) is 0 Å².